The number of aryl methyl sites for hydroxylation is 1. The van der Waals surface area contributed by atoms with Crippen molar-refractivity contribution >= 4 is 11.7 Å². The Labute approximate surface area is 138 Å². The summed E-state index contributed by atoms with van der Waals surface area (Å²) in [5, 5.41) is 16.8. The zero-order chi connectivity index (χ0) is 16.9. The number of nitrogens with one attached hydrogen (secondary N) is 3. The lowest BCUT2D eigenvalue weighted by Crippen LogP contribution is -2.37. The van der Waals surface area contributed by atoms with E-state index in [1.807, 2.05) is 19.9 Å². The molecule has 0 radical (unpaired) electrons. The summed E-state index contributed by atoms with van der Waals surface area (Å²) in [7, 11) is 0. The number of carbonyl (C=O) groups excluding carboxylic acids is 1. The summed E-state index contributed by atoms with van der Waals surface area (Å²) in [6.45, 7) is 3.86. The molecule has 0 aliphatic heterocycles. The second-order valence-electron chi connectivity index (χ2n) is 5.47. The van der Waals surface area contributed by atoms with E-state index in [0.717, 1.165) is 11.4 Å². The predicted octanol–water partition coefficient (Wildman–Crippen LogP) is 1.45. The van der Waals surface area contributed by atoms with Crippen LogP contribution in [-0.2, 0) is 6.42 Å². The molecular weight excluding hydrogens is 308 g/mol. The van der Waals surface area contributed by atoms with Gasteiger partial charge in [-0.25, -0.2) is 19.4 Å². The summed E-state index contributed by atoms with van der Waals surface area (Å²) in [5.41, 5.74) is 2.47. The maximum Gasteiger partial charge on any atom is 0.319 e. The monoisotopic (exact) mass is 326 g/mol. The number of carbonyl (C=O) groups is 1. The van der Waals surface area contributed by atoms with E-state index in [1.54, 1.807) is 24.7 Å². The minimum Gasteiger partial charge on any atom is -0.335 e. The molecule has 9 nitrogen and oxygen atoms in total. The van der Waals surface area contributed by atoms with Gasteiger partial charge in [-0.3, -0.25) is 5.10 Å². The molecule has 24 heavy (non-hydrogen) atoms. The molecular formula is C15H18N8O. The minimum atomic E-state index is -0.303. The molecule has 3 aromatic heterocycles. The molecule has 9 heteroatoms. The summed E-state index contributed by atoms with van der Waals surface area (Å²) < 4.78 is 1.49. The summed E-state index contributed by atoms with van der Waals surface area (Å²) in [4.78, 5) is 20.2. The number of anilines is 1. The van der Waals surface area contributed by atoms with E-state index in [4.69, 9.17) is 0 Å². The van der Waals surface area contributed by atoms with Gasteiger partial charge in [-0.15, -0.1) is 0 Å². The van der Waals surface area contributed by atoms with Crippen molar-refractivity contribution in [2.24, 2.45) is 0 Å². The Kier molecular flexibility index (Phi) is 4.50. The van der Waals surface area contributed by atoms with E-state index in [1.165, 1.54) is 10.9 Å². The standard InChI is InChI=1S/C15H18N8O/c1-10(6-12-7-11(2)21-22-12)19-15(24)20-13-8-18-23(9-13)14-16-4-3-5-17-14/h3-5,7-10H,6H2,1-2H3,(H,21,22)(H2,19,20,24)/t10-/m0/s1. The zero-order valence-corrected chi connectivity index (χ0v) is 13.4. The van der Waals surface area contributed by atoms with Crippen LogP contribution in [0.5, 0.6) is 0 Å². The molecule has 0 unspecified atom stereocenters. The van der Waals surface area contributed by atoms with E-state index in [0.29, 0.717) is 18.1 Å². The minimum absolute atomic E-state index is 0.0554. The Morgan fingerprint density at radius 2 is 2.17 bits per heavy atom. The van der Waals surface area contributed by atoms with Gasteiger partial charge in [0, 0.05) is 30.6 Å². The molecule has 3 N–H and O–H groups in total. The highest BCUT2D eigenvalue weighted by Gasteiger charge is 2.11. The van der Waals surface area contributed by atoms with Crippen molar-refractivity contribution in [1.82, 2.24) is 35.3 Å². The van der Waals surface area contributed by atoms with E-state index >= 15 is 0 Å². The van der Waals surface area contributed by atoms with E-state index in [-0.39, 0.29) is 12.1 Å². The number of rotatable bonds is 5. The third kappa shape index (κ3) is 3.94. The number of hydrogen-bond donors (Lipinski definition) is 3. The lowest BCUT2D eigenvalue weighted by molar-refractivity contribution is 0.249. The molecule has 0 saturated heterocycles. The van der Waals surface area contributed by atoms with Gasteiger partial charge in [-0.2, -0.15) is 10.2 Å². The Morgan fingerprint density at radius 1 is 1.38 bits per heavy atom. The van der Waals surface area contributed by atoms with Crippen LogP contribution in [0.2, 0.25) is 0 Å². The number of nitrogens with zero attached hydrogens (tertiary/aromatic N) is 5. The highest BCUT2D eigenvalue weighted by Crippen LogP contribution is 2.08. The summed E-state index contributed by atoms with van der Waals surface area (Å²) in [5.74, 6) is 0.438. The van der Waals surface area contributed by atoms with Crippen LogP contribution in [0.3, 0.4) is 0 Å². The first-order valence-electron chi connectivity index (χ1n) is 7.50. The Balaban J connectivity index is 1.54. The lowest BCUT2D eigenvalue weighted by Gasteiger charge is -2.12. The maximum absolute atomic E-state index is 12.0. The summed E-state index contributed by atoms with van der Waals surface area (Å²) in [6, 6.07) is 3.32. The van der Waals surface area contributed by atoms with E-state index < -0.39 is 0 Å². The van der Waals surface area contributed by atoms with Crippen LogP contribution in [0.4, 0.5) is 10.5 Å². The third-order valence-corrected chi connectivity index (χ3v) is 3.25. The molecule has 0 spiro atoms. The Hall–Kier alpha value is -3.23. The zero-order valence-electron chi connectivity index (χ0n) is 13.4. The number of hydrogen-bond acceptors (Lipinski definition) is 5. The average molecular weight is 326 g/mol. The van der Waals surface area contributed by atoms with Crippen LogP contribution < -0.4 is 10.6 Å². The SMILES string of the molecule is Cc1cc(C[C@H](C)NC(=O)Nc2cnn(-c3ncccn3)c2)n[nH]1. The van der Waals surface area contributed by atoms with Crippen LogP contribution in [0.1, 0.15) is 18.3 Å². The first-order chi connectivity index (χ1) is 11.6. The molecule has 1 atom stereocenters. The lowest BCUT2D eigenvalue weighted by atomic mass is 10.2. The van der Waals surface area contributed by atoms with Crippen molar-refractivity contribution in [2.75, 3.05) is 5.32 Å². The molecule has 0 saturated carbocycles. The van der Waals surface area contributed by atoms with Crippen LogP contribution in [-0.4, -0.2) is 42.0 Å². The fourth-order valence-electron chi connectivity index (χ4n) is 2.24. The molecule has 0 aliphatic rings. The first-order valence-corrected chi connectivity index (χ1v) is 7.50. The molecule has 2 amide bonds. The van der Waals surface area contributed by atoms with Crippen molar-refractivity contribution in [3.05, 3.63) is 48.3 Å². The van der Waals surface area contributed by atoms with Crippen molar-refractivity contribution in [2.45, 2.75) is 26.3 Å². The normalized spacial score (nSPS) is 11.9. The molecule has 3 aromatic rings. The number of aromatic amines is 1. The van der Waals surface area contributed by atoms with Gasteiger partial charge in [-0.1, -0.05) is 0 Å². The van der Waals surface area contributed by atoms with Gasteiger partial charge < -0.3 is 10.6 Å². The number of amides is 2. The largest absolute Gasteiger partial charge is 0.335 e. The van der Waals surface area contributed by atoms with Crippen LogP contribution in [0.25, 0.3) is 5.95 Å². The summed E-state index contributed by atoms with van der Waals surface area (Å²) >= 11 is 0. The molecule has 0 aliphatic carbocycles. The third-order valence-electron chi connectivity index (χ3n) is 3.25. The van der Waals surface area contributed by atoms with Gasteiger partial charge in [-0.05, 0) is 26.0 Å². The van der Waals surface area contributed by atoms with Gasteiger partial charge in [0.05, 0.1) is 23.8 Å². The van der Waals surface area contributed by atoms with Crippen LogP contribution >= 0.6 is 0 Å². The van der Waals surface area contributed by atoms with Gasteiger partial charge in [0.15, 0.2) is 0 Å². The average Bonchev–Trinajstić information content (AvgIpc) is 3.17. The van der Waals surface area contributed by atoms with Crippen LogP contribution in [0, 0.1) is 6.92 Å². The van der Waals surface area contributed by atoms with E-state index in [9.17, 15) is 4.79 Å². The fourth-order valence-corrected chi connectivity index (χ4v) is 2.24. The molecule has 3 rings (SSSR count). The van der Waals surface area contributed by atoms with Crippen LogP contribution in [0.15, 0.2) is 36.9 Å². The van der Waals surface area contributed by atoms with E-state index in [2.05, 4.69) is 35.9 Å². The second kappa shape index (κ2) is 6.90. The summed E-state index contributed by atoms with van der Waals surface area (Å²) in [6.07, 6.45) is 7.09. The number of aromatic nitrogens is 6. The smallest absolute Gasteiger partial charge is 0.319 e. The fraction of sp³-hybridized carbons (Fsp3) is 0.267. The van der Waals surface area contributed by atoms with Gasteiger partial charge in [0.25, 0.3) is 0 Å². The molecule has 0 aromatic carbocycles. The molecule has 0 bridgehead atoms. The Morgan fingerprint density at radius 3 is 2.88 bits per heavy atom. The highest BCUT2D eigenvalue weighted by molar-refractivity contribution is 5.89. The molecule has 124 valence electrons. The highest BCUT2D eigenvalue weighted by atomic mass is 16.2. The first kappa shape index (κ1) is 15.7. The van der Waals surface area contributed by atoms with Gasteiger partial charge >= 0.3 is 6.03 Å². The maximum atomic E-state index is 12.0. The Bertz CT molecular complexity index is 810. The quantitative estimate of drug-likeness (QED) is 0.656. The van der Waals surface area contributed by atoms with Gasteiger partial charge in [0.2, 0.25) is 5.95 Å². The van der Waals surface area contributed by atoms with Crippen molar-refractivity contribution in [3.63, 3.8) is 0 Å². The topological polar surface area (TPSA) is 113 Å². The number of urea groups is 1. The second-order valence-corrected chi connectivity index (χ2v) is 5.47. The van der Waals surface area contributed by atoms with Crippen molar-refractivity contribution in [3.8, 4) is 5.95 Å². The predicted molar refractivity (Wildman–Crippen MR) is 87.8 cm³/mol. The van der Waals surface area contributed by atoms with Gasteiger partial charge in [0.1, 0.15) is 0 Å². The molecule has 0 fully saturated rings. The molecule has 3 heterocycles. The van der Waals surface area contributed by atoms with Crippen molar-refractivity contribution in [1.29, 1.82) is 0 Å². The van der Waals surface area contributed by atoms with Crippen molar-refractivity contribution < 1.29 is 4.79 Å². The number of H-pyrrole nitrogens is 1.